The predicted octanol–water partition coefficient (Wildman–Crippen LogP) is 5.16. The van der Waals surface area contributed by atoms with Gasteiger partial charge in [0, 0.05) is 49.2 Å². The number of carbonyl (C=O) groups excluding carboxylic acids is 3. The number of nitrogens with zero attached hydrogens (tertiary/aromatic N) is 2. The normalized spacial score (nSPS) is 16.5. The number of anilines is 1. The van der Waals surface area contributed by atoms with E-state index in [9.17, 15) is 14.4 Å². The van der Waals surface area contributed by atoms with Crippen LogP contribution in [0.15, 0.2) is 47.6 Å². The van der Waals surface area contributed by atoms with Crippen LogP contribution >= 0.6 is 24.0 Å². The Bertz CT molecular complexity index is 1390. The molecule has 0 aromatic heterocycles. The molecule has 8 nitrogen and oxygen atoms in total. The topological polar surface area (TPSA) is 88.2 Å². The van der Waals surface area contributed by atoms with Crippen LogP contribution < -0.4 is 10.2 Å². The number of thiocarbonyl (C=S) groups is 1. The molecule has 44 heavy (non-hydrogen) atoms. The molecule has 236 valence electrons. The van der Waals surface area contributed by atoms with Gasteiger partial charge in [-0.05, 0) is 64.7 Å². The first-order chi connectivity index (χ1) is 20.9. The summed E-state index contributed by atoms with van der Waals surface area (Å²) in [4.78, 5) is 41.9. The molecule has 1 N–H and O–H groups in total. The van der Waals surface area contributed by atoms with Gasteiger partial charge in [-0.1, -0.05) is 60.1 Å². The van der Waals surface area contributed by atoms with E-state index < -0.39 is 11.2 Å². The lowest BCUT2D eigenvalue weighted by Crippen LogP contribution is -2.39. The second-order valence-electron chi connectivity index (χ2n) is 12.4. The van der Waals surface area contributed by atoms with Crippen molar-refractivity contribution in [3.63, 3.8) is 0 Å². The second-order valence-corrected chi connectivity index (χ2v) is 14.1. The quantitative estimate of drug-likeness (QED) is 0.182. The van der Waals surface area contributed by atoms with Crippen molar-refractivity contribution in [1.82, 2.24) is 10.2 Å². The van der Waals surface area contributed by atoms with Gasteiger partial charge in [-0.2, -0.15) is 0 Å². The number of nitrogens with one attached hydrogen (secondary N) is 1. The van der Waals surface area contributed by atoms with Crippen LogP contribution in [0.1, 0.15) is 71.8 Å². The van der Waals surface area contributed by atoms with E-state index in [-0.39, 0.29) is 30.6 Å². The number of hydrogen-bond acceptors (Lipinski definition) is 7. The molecule has 0 saturated carbocycles. The standard InChI is InChI=1S/C34H43N3O5S2/c1-33(2,18-17-31(40)36-20-22-44-32(36)43)42-24-34(3,4)41-21-19-35-29(38)15-16-30(39)37-23-27-11-6-5-9-25(27)13-14-26-10-7-8-12-28(26)37/h6-8,10-12H,5,9,15-24H2,1-4H3,(H,35,38). The number of thioether (sulfide) groups is 1. The molecule has 0 spiro atoms. The van der Waals surface area contributed by atoms with E-state index in [0.29, 0.717) is 50.0 Å². The lowest BCUT2D eigenvalue weighted by Gasteiger charge is -2.32. The number of ether oxygens (including phenoxy) is 2. The van der Waals surface area contributed by atoms with Gasteiger partial charge in [-0.15, -0.1) is 0 Å². The van der Waals surface area contributed by atoms with Crippen molar-refractivity contribution in [3.05, 3.63) is 53.1 Å². The Hall–Kier alpha value is -2.97. The molecule has 4 rings (SSSR count). The van der Waals surface area contributed by atoms with Crippen molar-refractivity contribution in [1.29, 1.82) is 0 Å². The maximum absolute atomic E-state index is 13.4. The highest BCUT2D eigenvalue weighted by atomic mass is 32.2. The van der Waals surface area contributed by atoms with E-state index in [2.05, 4.69) is 29.3 Å². The molecule has 1 aromatic carbocycles. The highest BCUT2D eigenvalue weighted by molar-refractivity contribution is 8.23. The maximum atomic E-state index is 13.4. The lowest BCUT2D eigenvalue weighted by atomic mass is 9.95. The fourth-order valence-corrected chi connectivity index (χ4v) is 6.29. The highest BCUT2D eigenvalue weighted by Crippen LogP contribution is 2.28. The molecule has 0 radical (unpaired) electrons. The molecule has 0 atom stereocenters. The molecule has 1 aromatic rings. The molecule has 3 aliphatic rings. The minimum atomic E-state index is -0.585. The van der Waals surface area contributed by atoms with Gasteiger partial charge in [0.25, 0.3) is 0 Å². The largest absolute Gasteiger partial charge is 0.373 e. The summed E-state index contributed by atoms with van der Waals surface area (Å²) in [6, 6.07) is 7.67. The van der Waals surface area contributed by atoms with Gasteiger partial charge < -0.3 is 19.7 Å². The molecule has 2 heterocycles. The fraction of sp³-hybridized carbons (Fsp3) is 0.529. The van der Waals surface area contributed by atoms with E-state index in [4.69, 9.17) is 21.7 Å². The van der Waals surface area contributed by atoms with Gasteiger partial charge in [0.05, 0.1) is 36.6 Å². The van der Waals surface area contributed by atoms with Crippen molar-refractivity contribution < 1.29 is 23.9 Å². The molecule has 0 unspecified atom stereocenters. The Balaban J connectivity index is 1.17. The Morgan fingerprint density at radius 1 is 1.00 bits per heavy atom. The summed E-state index contributed by atoms with van der Waals surface area (Å²) in [7, 11) is 0. The smallest absolute Gasteiger partial charge is 0.228 e. The van der Waals surface area contributed by atoms with Crippen molar-refractivity contribution in [3.8, 4) is 11.8 Å². The van der Waals surface area contributed by atoms with E-state index in [0.717, 1.165) is 41.0 Å². The van der Waals surface area contributed by atoms with Crippen molar-refractivity contribution in [2.75, 3.05) is 43.5 Å². The average Bonchev–Trinajstić information content (AvgIpc) is 3.43. The molecular formula is C34H43N3O5S2. The molecule has 0 bridgehead atoms. The number of benzene rings is 1. The number of carbonyl (C=O) groups is 3. The van der Waals surface area contributed by atoms with Crippen LogP contribution in [0.5, 0.6) is 0 Å². The van der Waals surface area contributed by atoms with Crippen molar-refractivity contribution >= 4 is 51.7 Å². The summed E-state index contributed by atoms with van der Waals surface area (Å²) in [6.45, 7) is 9.89. The Kier molecular flexibility index (Phi) is 11.8. The van der Waals surface area contributed by atoms with Crippen LogP contribution in [0.2, 0.25) is 0 Å². The zero-order valence-corrected chi connectivity index (χ0v) is 27.8. The van der Waals surface area contributed by atoms with E-state index in [1.54, 1.807) is 21.6 Å². The fourth-order valence-electron chi connectivity index (χ4n) is 5.05. The first-order valence-electron chi connectivity index (χ1n) is 15.3. The Labute approximate surface area is 271 Å². The summed E-state index contributed by atoms with van der Waals surface area (Å²) in [5.74, 6) is 7.13. The van der Waals surface area contributed by atoms with E-state index in [1.807, 2.05) is 52.0 Å². The lowest BCUT2D eigenvalue weighted by molar-refractivity contribution is -0.134. The van der Waals surface area contributed by atoms with Crippen LogP contribution in [-0.4, -0.2) is 76.7 Å². The molecule has 3 amide bonds. The maximum Gasteiger partial charge on any atom is 0.228 e. The zero-order chi connectivity index (χ0) is 31.7. The summed E-state index contributed by atoms with van der Waals surface area (Å²) in [5.41, 5.74) is 2.64. The highest BCUT2D eigenvalue weighted by Gasteiger charge is 2.29. The molecule has 10 heteroatoms. The third-order valence-corrected chi connectivity index (χ3v) is 9.16. The number of rotatable bonds is 13. The minimum absolute atomic E-state index is 0.0403. The molecule has 1 saturated heterocycles. The first-order valence-corrected chi connectivity index (χ1v) is 16.7. The SMILES string of the molecule is CC(C)(CCC(=O)N1CCSC1=S)OCC(C)(C)OCCNC(=O)CCC(=O)N1CC2=C(C#Cc3ccccc31)CCC=C2. The van der Waals surface area contributed by atoms with Gasteiger partial charge in [-0.25, -0.2) is 0 Å². The van der Waals surface area contributed by atoms with Gasteiger partial charge in [0.2, 0.25) is 17.7 Å². The molecule has 1 aliphatic carbocycles. The predicted molar refractivity (Wildman–Crippen MR) is 179 cm³/mol. The van der Waals surface area contributed by atoms with Gasteiger partial charge in [0.1, 0.15) is 4.32 Å². The van der Waals surface area contributed by atoms with Gasteiger partial charge >= 0.3 is 0 Å². The number of hydrogen-bond donors (Lipinski definition) is 1. The zero-order valence-electron chi connectivity index (χ0n) is 26.2. The third kappa shape index (κ3) is 9.77. The van der Waals surface area contributed by atoms with Crippen LogP contribution in [0, 0.1) is 11.8 Å². The number of fused-ring (bicyclic) bond motifs is 1. The Morgan fingerprint density at radius 2 is 1.77 bits per heavy atom. The summed E-state index contributed by atoms with van der Waals surface area (Å²) >= 11 is 6.79. The first kappa shape index (κ1) is 33.9. The van der Waals surface area contributed by atoms with Crippen LogP contribution in [0.25, 0.3) is 0 Å². The number of allylic oxidation sites excluding steroid dienone is 2. The van der Waals surface area contributed by atoms with Crippen molar-refractivity contribution in [2.24, 2.45) is 0 Å². The Morgan fingerprint density at radius 3 is 2.55 bits per heavy atom. The number of para-hydroxylation sites is 1. The summed E-state index contributed by atoms with van der Waals surface area (Å²) in [6.07, 6.45) is 7.15. The molecular weight excluding hydrogens is 595 g/mol. The van der Waals surface area contributed by atoms with E-state index >= 15 is 0 Å². The van der Waals surface area contributed by atoms with Gasteiger partial charge in [0.15, 0.2) is 0 Å². The minimum Gasteiger partial charge on any atom is -0.373 e. The number of amides is 3. The second kappa shape index (κ2) is 15.3. The van der Waals surface area contributed by atoms with Crippen LogP contribution in [0.3, 0.4) is 0 Å². The summed E-state index contributed by atoms with van der Waals surface area (Å²) < 4.78 is 12.8. The molecule has 2 aliphatic heterocycles. The summed E-state index contributed by atoms with van der Waals surface area (Å²) in [5, 5.41) is 2.86. The molecule has 1 fully saturated rings. The van der Waals surface area contributed by atoms with Crippen LogP contribution in [-0.2, 0) is 23.9 Å². The van der Waals surface area contributed by atoms with E-state index in [1.165, 1.54) is 0 Å². The average molecular weight is 638 g/mol. The van der Waals surface area contributed by atoms with Crippen molar-refractivity contribution in [2.45, 2.75) is 77.4 Å². The van der Waals surface area contributed by atoms with Gasteiger partial charge in [-0.3, -0.25) is 19.3 Å². The third-order valence-electron chi connectivity index (χ3n) is 7.74. The monoisotopic (exact) mass is 637 g/mol. The van der Waals surface area contributed by atoms with Crippen LogP contribution in [0.4, 0.5) is 5.69 Å².